The number of carboxylic acids is 1. The number of H-pyrrole nitrogens is 1. The van der Waals surface area contributed by atoms with Crippen molar-refractivity contribution in [1.82, 2.24) is 15.6 Å². The number of amides is 2. The van der Waals surface area contributed by atoms with Crippen LogP contribution in [-0.4, -0.2) is 40.5 Å². The monoisotopic (exact) mass is 499 g/mol. The molecule has 0 fully saturated rings. The Bertz CT molecular complexity index is 924. The molecule has 0 radical (unpaired) electrons. The first kappa shape index (κ1) is 29.4. The summed E-state index contributed by atoms with van der Waals surface area (Å²) >= 11 is 0. The Hall–Kier alpha value is -2.83. The highest BCUT2D eigenvalue weighted by atomic mass is 16.4. The Morgan fingerprint density at radius 2 is 1.42 bits per heavy atom. The van der Waals surface area contributed by atoms with Crippen LogP contribution in [0, 0.1) is 0 Å². The molecule has 0 saturated heterocycles. The summed E-state index contributed by atoms with van der Waals surface area (Å²) in [5.41, 5.74) is 1.74. The van der Waals surface area contributed by atoms with Gasteiger partial charge in [-0.2, -0.15) is 0 Å². The first-order valence-corrected chi connectivity index (χ1v) is 13.8. The summed E-state index contributed by atoms with van der Waals surface area (Å²) in [4.78, 5) is 39.1. The largest absolute Gasteiger partial charge is 0.480 e. The molecule has 36 heavy (non-hydrogen) atoms. The lowest BCUT2D eigenvalue weighted by molar-refractivity contribution is -0.141. The number of fused-ring (bicyclic) bond motifs is 1. The fourth-order valence-electron chi connectivity index (χ4n) is 4.54. The molecule has 0 aliphatic carbocycles. The van der Waals surface area contributed by atoms with Gasteiger partial charge < -0.3 is 20.7 Å². The summed E-state index contributed by atoms with van der Waals surface area (Å²) in [5.74, 6) is -1.77. The summed E-state index contributed by atoms with van der Waals surface area (Å²) in [5, 5.41) is 15.6. The van der Waals surface area contributed by atoms with E-state index in [9.17, 15) is 19.5 Å². The summed E-state index contributed by atoms with van der Waals surface area (Å²) in [6, 6.07) is 6.56. The summed E-state index contributed by atoms with van der Waals surface area (Å²) in [6.07, 6.45) is 18.6. The lowest BCUT2D eigenvalue weighted by Gasteiger charge is -2.14. The van der Waals surface area contributed by atoms with E-state index in [0.717, 1.165) is 35.7 Å². The number of carbonyl (C=O) groups excluding carboxylic acids is 2. The van der Waals surface area contributed by atoms with Gasteiger partial charge in [0.1, 0.15) is 6.04 Å². The molecule has 0 bridgehead atoms. The maximum Gasteiger partial charge on any atom is 0.326 e. The number of aromatic amines is 1. The van der Waals surface area contributed by atoms with E-state index in [-0.39, 0.29) is 18.9 Å². The van der Waals surface area contributed by atoms with Gasteiger partial charge in [-0.25, -0.2) is 4.79 Å². The van der Waals surface area contributed by atoms with Gasteiger partial charge in [0.25, 0.3) is 0 Å². The number of carbonyl (C=O) groups is 3. The van der Waals surface area contributed by atoms with E-state index >= 15 is 0 Å². The Labute approximate surface area is 215 Å². The van der Waals surface area contributed by atoms with Crippen molar-refractivity contribution in [1.29, 1.82) is 0 Å². The molecule has 2 amide bonds. The molecule has 1 atom stereocenters. The van der Waals surface area contributed by atoms with Crippen LogP contribution in [0.2, 0.25) is 0 Å². The Kier molecular flexibility index (Phi) is 14.4. The molecule has 2 aromatic rings. The van der Waals surface area contributed by atoms with Gasteiger partial charge in [0.2, 0.25) is 11.8 Å². The van der Waals surface area contributed by atoms with Crippen LogP contribution in [0.25, 0.3) is 10.9 Å². The van der Waals surface area contributed by atoms with E-state index in [2.05, 4.69) is 22.5 Å². The van der Waals surface area contributed by atoms with Crippen LogP contribution in [0.1, 0.15) is 102 Å². The third-order valence-electron chi connectivity index (χ3n) is 6.69. The van der Waals surface area contributed by atoms with Crippen molar-refractivity contribution in [3.05, 3.63) is 36.0 Å². The minimum Gasteiger partial charge on any atom is -0.480 e. The normalized spacial score (nSPS) is 11.9. The minimum atomic E-state index is -1.10. The number of hydrogen-bond acceptors (Lipinski definition) is 3. The lowest BCUT2D eigenvalue weighted by Crippen LogP contribution is -2.46. The number of para-hydroxylation sites is 1. The highest BCUT2D eigenvalue weighted by molar-refractivity contribution is 5.89. The van der Waals surface area contributed by atoms with Crippen molar-refractivity contribution in [3.63, 3.8) is 0 Å². The van der Waals surface area contributed by atoms with Gasteiger partial charge in [-0.15, -0.1) is 0 Å². The zero-order valence-electron chi connectivity index (χ0n) is 21.9. The number of benzene rings is 1. The van der Waals surface area contributed by atoms with Crippen LogP contribution in [0.15, 0.2) is 30.5 Å². The number of rotatable bonds is 20. The third kappa shape index (κ3) is 11.7. The molecule has 0 spiro atoms. The second kappa shape index (κ2) is 17.6. The van der Waals surface area contributed by atoms with E-state index in [4.69, 9.17) is 0 Å². The topological polar surface area (TPSA) is 111 Å². The molecule has 7 nitrogen and oxygen atoms in total. The van der Waals surface area contributed by atoms with E-state index in [0.29, 0.717) is 6.42 Å². The van der Waals surface area contributed by atoms with E-state index in [1.54, 1.807) is 6.20 Å². The third-order valence-corrected chi connectivity index (χ3v) is 6.69. The van der Waals surface area contributed by atoms with Crippen molar-refractivity contribution < 1.29 is 19.5 Å². The number of nitrogens with one attached hydrogen (secondary N) is 3. The zero-order valence-corrected chi connectivity index (χ0v) is 21.9. The van der Waals surface area contributed by atoms with Crippen LogP contribution >= 0.6 is 0 Å². The summed E-state index contributed by atoms with van der Waals surface area (Å²) in [6.45, 7) is 2.04. The molecule has 0 saturated carbocycles. The SMILES string of the molecule is CCCCCCCCCCCCCCCC(=O)NCC(=O)NC(Cc1c[nH]c2ccccc12)C(=O)O. The highest BCUT2D eigenvalue weighted by Gasteiger charge is 2.22. The van der Waals surface area contributed by atoms with Gasteiger partial charge in [0, 0.05) is 29.9 Å². The number of aromatic nitrogens is 1. The number of aliphatic carboxylic acids is 1. The van der Waals surface area contributed by atoms with Crippen molar-refractivity contribution in [2.75, 3.05) is 6.54 Å². The van der Waals surface area contributed by atoms with E-state index < -0.39 is 17.9 Å². The van der Waals surface area contributed by atoms with Gasteiger partial charge in [0.15, 0.2) is 0 Å². The van der Waals surface area contributed by atoms with Gasteiger partial charge >= 0.3 is 5.97 Å². The number of carboxylic acid groups (broad SMARTS) is 1. The second-order valence-corrected chi connectivity index (χ2v) is 9.79. The number of unbranched alkanes of at least 4 members (excludes halogenated alkanes) is 12. The molecule has 1 unspecified atom stereocenters. The lowest BCUT2D eigenvalue weighted by atomic mass is 10.0. The van der Waals surface area contributed by atoms with Crippen LogP contribution in [0.3, 0.4) is 0 Å². The van der Waals surface area contributed by atoms with Crippen molar-refractivity contribution in [3.8, 4) is 0 Å². The molecule has 1 aromatic heterocycles. The molecule has 4 N–H and O–H groups in total. The predicted octanol–water partition coefficient (Wildman–Crippen LogP) is 5.88. The number of hydrogen-bond donors (Lipinski definition) is 4. The smallest absolute Gasteiger partial charge is 0.326 e. The Balaban J connectivity index is 1.52. The molecule has 200 valence electrons. The predicted molar refractivity (Wildman–Crippen MR) is 145 cm³/mol. The molecule has 1 heterocycles. The first-order chi connectivity index (χ1) is 17.5. The standard InChI is InChI=1S/C29H45N3O4/c1-2-3-4-5-6-7-8-9-10-11-12-13-14-19-27(33)31-22-28(34)32-26(29(35)36)20-23-21-30-25-18-16-15-17-24(23)25/h15-18,21,26,30H,2-14,19-20,22H2,1H3,(H,31,33)(H,32,34)(H,35,36). The molecule has 7 heteroatoms. The van der Waals surface area contributed by atoms with Crippen LogP contribution in [-0.2, 0) is 20.8 Å². The highest BCUT2D eigenvalue weighted by Crippen LogP contribution is 2.19. The molecular formula is C29H45N3O4. The minimum absolute atomic E-state index is 0.165. The molecule has 0 aliphatic heterocycles. The fraction of sp³-hybridized carbons (Fsp3) is 0.621. The average Bonchev–Trinajstić information content (AvgIpc) is 3.28. The van der Waals surface area contributed by atoms with Crippen LogP contribution in [0.5, 0.6) is 0 Å². The molecule has 1 aromatic carbocycles. The molecule has 2 rings (SSSR count). The second-order valence-electron chi connectivity index (χ2n) is 9.79. The maximum absolute atomic E-state index is 12.2. The Morgan fingerprint density at radius 1 is 0.833 bits per heavy atom. The molecular weight excluding hydrogens is 454 g/mol. The van der Waals surface area contributed by atoms with Crippen molar-refractivity contribution in [2.24, 2.45) is 0 Å². The van der Waals surface area contributed by atoms with Gasteiger partial charge in [-0.3, -0.25) is 9.59 Å². The van der Waals surface area contributed by atoms with E-state index in [1.807, 2.05) is 24.3 Å². The van der Waals surface area contributed by atoms with Gasteiger partial charge in [0.05, 0.1) is 6.54 Å². The fourth-order valence-corrected chi connectivity index (χ4v) is 4.54. The first-order valence-electron chi connectivity index (χ1n) is 13.8. The maximum atomic E-state index is 12.2. The zero-order chi connectivity index (χ0) is 26.0. The van der Waals surface area contributed by atoms with Crippen molar-refractivity contribution >= 4 is 28.7 Å². The van der Waals surface area contributed by atoms with Gasteiger partial charge in [-0.1, -0.05) is 102 Å². The van der Waals surface area contributed by atoms with E-state index in [1.165, 1.54) is 64.2 Å². The average molecular weight is 500 g/mol. The summed E-state index contributed by atoms with van der Waals surface area (Å²) < 4.78 is 0. The van der Waals surface area contributed by atoms with Crippen molar-refractivity contribution in [2.45, 2.75) is 109 Å². The Morgan fingerprint density at radius 3 is 2.03 bits per heavy atom. The van der Waals surface area contributed by atoms with Gasteiger partial charge in [-0.05, 0) is 18.1 Å². The quantitative estimate of drug-likeness (QED) is 0.171. The summed E-state index contributed by atoms with van der Waals surface area (Å²) in [7, 11) is 0. The molecule has 0 aliphatic rings. The van der Waals surface area contributed by atoms with Crippen LogP contribution < -0.4 is 10.6 Å². The van der Waals surface area contributed by atoms with Crippen LogP contribution in [0.4, 0.5) is 0 Å².